The molecule has 0 saturated heterocycles. The maximum atomic E-state index is 5.61. The quantitative estimate of drug-likeness (QED) is 0.643. The Balaban J connectivity index is 2.90. The highest BCUT2D eigenvalue weighted by Gasteiger charge is 2.05. The summed E-state index contributed by atoms with van der Waals surface area (Å²) >= 11 is 0. The Morgan fingerprint density at radius 2 is 2.50 bits per heavy atom. The number of nitrogens with two attached hydrogens (primary N) is 1. The van der Waals surface area contributed by atoms with Gasteiger partial charge in [0.15, 0.2) is 0 Å². The van der Waals surface area contributed by atoms with Crippen molar-refractivity contribution < 1.29 is 0 Å². The summed E-state index contributed by atoms with van der Waals surface area (Å²) in [5, 5.41) is 7.62. The molecule has 0 saturated carbocycles. The molecule has 56 valence electrons. The average Bonchev–Trinajstić information content (AvgIpc) is 2.33. The van der Waals surface area contributed by atoms with Gasteiger partial charge in [0.1, 0.15) is 12.2 Å². The summed E-state index contributed by atoms with van der Waals surface area (Å²) in [6.45, 7) is 4.81. The standard InChI is InChI=1S/C6H12N4/c1-3-10-4-8-9-6(10)5(2)7/h4-5H,3,7H2,1-2H3. The van der Waals surface area contributed by atoms with Crippen LogP contribution in [0, 0.1) is 0 Å². The Morgan fingerprint density at radius 3 is 2.90 bits per heavy atom. The third-order valence-electron chi connectivity index (χ3n) is 1.39. The molecule has 0 aromatic carbocycles. The Kier molecular flexibility index (Phi) is 2.01. The molecule has 1 atom stereocenters. The lowest BCUT2D eigenvalue weighted by atomic mass is 10.3. The maximum absolute atomic E-state index is 5.61. The molecule has 4 heteroatoms. The van der Waals surface area contributed by atoms with Crippen molar-refractivity contribution in [1.82, 2.24) is 14.8 Å². The highest BCUT2D eigenvalue weighted by Crippen LogP contribution is 2.03. The molecule has 0 bridgehead atoms. The smallest absolute Gasteiger partial charge is 0.149 e. The van der Waals surface area contributed by atoms with E-state index >= 15 is 0 Å². The first-order valence-corrected chi connectivity index (χ1v) is 3.39. The fourth-order valence-corrected chi connectivity index (χ4v) is 0.860. The van der Waals surface area contributed by atoms with E-state index in [1.54, 1.807) is 6.33 Å². The van der Waals surface area contributed by atoms with Gasteiger partial charge in [-0.05, 0) is 13.8 Å². The van der Waals surface area contributed by atoms with E-state index < -0.39 is 0 Å². The Labute approximate surface area is 60.1 Å². The topological polar surface area (TPSA) is 56.7 Å². The molecule has 0 aliphatic carbocycles. The molecular weight excluding hydrogens is 128 g/mol. The van der Waals surface area contributed by atoms with Crippen LogP contribution in [0.3, 0.4) is 0 Å². The van der Waals surface area contributed by atoms with Crippen molar-refractivity contribution in [2.24, 2.45) is 5.73 Å². The molecule has 1 aromatic heterocycles. The first-order chi connectivity index (χ1) is 4.75. The van der Waals surface area contributed by atoms with Gasteiger partial charge in [0, 0.05) is 6.54 Å². The van der Waals surface area contributed by atoms with Crippen LogP contribution in [-0.4, -0.2) is 14.8 Å². The zero-order chi connectivity index (χ0) is 7.56. The molecular formula is C6H12N4. The molecule has 0 aliphatic heterocycles. The zero-order valence-electron chi connectivity index (χ0n) is 6.28. The lowest BCUT2D eigenvalue weighted by molar-refractivity contribution is 0.636. The van der Waals surface area contributed by atoms with Gasteiger partial charge < -0.3 is 10.3 Å². The minimum atomic E-state index is -0.0255. The number of aromatic nitrogens is 3. The fourth-order valence-electron chi connectivity index (χ4n) is 0.860. The Hall–Kier alpha value is -0.900. The molecule has 1 aromatic rings. The number of hydrogen-bond donors (Lipinski definition) is 1. The number of nitrogens with zero attached hydrogens (tertiary/aromatic N) is 3. The van der Waals surface area contributed by atoms with Crippen LogP contribution in [0.4, 0.5) is 0 Å². The van der Waals surface area contributed by atoms with Crippen molar-refractivity contribution in [2.45, 2.75) is 26.4 Å². The van der Waals surface area contributed by atoms with Gasteiger partial charge in [0.25, 0.3) is 0 Å². The van der Waals surface area contributed by atoms with Gasteiger partial charge in [0.2, 0.25) is 0 Å². The molecule has 1 unspecified atom stereocenters. The summed E-state index contributed by atoms with van der Waals surface area (Å²) in [5.41, 5.74) is 5.61. The lowest BCUT2D eigenvalue weighted by Crippen LogP contribution is -2.12. The second-order valence-electron chi connectivity index (χ2n) is 2.26. The molecule has 10 heavy (non-hydrogen) atoms. The minimum absolute atomic E-state index is 0.0255. The van der Waals surface area contributed by atoms with Crippen molar-refractivity contribution in [3.05, 3.63) is 12.2 Å². The molecule has 1 heterocycles. The third kappa shape index (κ3) is 1.16. The van der Waals surface area contributed by atoms with E-state index in [1.165, 1.54) is 0 Å². The second kappa shape index (κ2) is 2.79. The van der Waals surface area contributed by atoms with Gasteiger partial charge in [0.05, 0.1) is 6.04 Å². The van der Waals surface area contributed by atoms with Gasteiger partial charge >= 0.3 is 0 Å². The summed E-state index contributed by atoms with van der Waals surface area (Å²) in [4.78, 5) is 0. The van der Waals surface area contributed by atoms with Crippen LogP contribution in [0.5, 0.6) is 0 Å². The first-order valence-electron chi connectivity index (χ1n) is 3.39. The molecule has 0 spiro atoms. The van der Waals surface area contributed by atoms with Crippen LogP contribution in [0.25, 0.3) is 0 Å². The second-order valence-corrected chi connectivity index (χ2v) is 2.26. The molecule has 4 nitrogen and oxygen atoms in total. The summed E-state index contributed by atoms with van der Waals surface area (Å²) in [6, 6.07) is -0.0255. The normalized spacial score (nSPS) is 13.5. The zero-order valence-corrected chi connectivity index (χ0v) is 6.28. The predicted molar refractivity (Wildman–Crippen MR) is 38.3 cm³/mol. The van der Waals surface area contributed by atoms with Gasteiger partial charge in [-0.1, -0.05) is 0 Å². The average molecular weight is 140 g/mol. The number of aryl methyl sites for hydroxylation is 1. The van der Waals surface area contributed by atoms with Crippen molar-refractivity contribution in [3.63, 3.8) is 0 Å². The van der Waals surface area contributed by atoms with E-state index in [9.17, 15) is 0 Å². The predicted octanol–water partition coefficient (Wildman–Crippen LogP) is 0.318. The summed E-state index contributed by atoms with van der Waals surface area (Å²) in [7, 11) is 0. The van der Waals surface area contributed by atoms with E-state index in [0.717, 1.165) is 12.4 Å². The van der Waals surface area contributed by atoms with Crippen LogP contribution in [0.15, 0.2) is 6.33 Å². The van der Waals surface area contributed by atoms with Crippen LogP contribution in [0.1, 0.15) is 25.7 Å². The molecule has 2 N–H and O–H groups in total. The van der Waals surface area contributed by atoms with Gasteiger partial charge in [-0.25, -0.2) is 0 Å². The van der Waals surface area contributed by atoms with E-state index in [2.05, 4.69) is 10.2 Å². The fraction of sp³-hybridized carbons (Fsp3) is 0.667. The van der Waals surface area contributed by atoms with Crippen LogP contribution in [-0.2, 0) is 6.54 Å². The van der Waals surface area contributed by atoms with Crippen molar-refractivity contribution >= 4 is 0 Å². The SMILES string of the molecule is CCn1cnnc1C(C)N. The molecule has 0 amide bonds. The Morgan fingerprint density at radius 1 is 1.80 bits per heavy atom. The summed E-state index contributed by atoms with van der Waals surface area (Å²) < 4.78 is 1.94. The molecule has 0 aliphatic rings. The van der Waals surface area contributed by atoms with Gasteiger partial charge in [-0.2, -0.15) is 0 Å². The third-order valence-corrected chi connectivity index (χ3v) is 1.39. The molecule has 0 fully saturated rings. The first kappa shape index (κ1) is 7.21. The monoisotopic (exact) mass is 140 g/mol. The van der Waals surface area contributed by atoms with Crippen LogP contribution >= 0.6 is 0 Å². The number of hydrogen-bond acceptors (Lipinski definition) is 3. The van der Waals surface area contributed by atoms with E-state index in [0.29, 0.717) is 0 Å². The molecule has 1 rings (SSSR count). The lowest BCUT2D eigenvalue weighted by Gasteiger charge is -2.04. The largest absolute Gasteiger partial charge is 0.322 e. The maximum Gasteiger partial charge on any atom is 0.149 e. The van der Waals surface area contributed by atoms with Crippen LogP contribution < -0.4 is 5.73 Å². The van der Waals surface area contributed by atoms with Gasteiger partial charge in [-0.3, -0.25) is 0 Å². The minimum Gasteiger partial charge on any atom is -0.322 e. The van der Waals surface area contributed by atoms with Crippen LogP contribution in [0.2, 0.25) is 0 Å². The number of rotatable bonds is 2. The van der Waals surface area contributed by atoms with Gasteiger partial charge in [-0.15, -0.1) is 10.2 Å². The summed E-state index contributed by atoms with van der Waals surface area (Å²) in [5.74, 6) is 0.850. The highest BCUT2D eigenvalue weighted by molar-refractivity contribution is 4.90. The van der Waals surface area contributed by atoms with E-state index in [-0.39, 0.29) is 6.04 Å². The van der Waals surface area contributed by atoms with E-state index in [1.807, 2.05) is 18.4 Å². The van der Waals surface area contributed by atoms with Crippen molar-refractivity contribution in [2.75, 3.05) is 0 Å². The van der Waals surface area contributed by atoms with Crippen molar-refractivity contribution in [1.29, 1.82) is 0 Å². The Bertz CT molecular complexity index is 203. The molecule has 0 radical (unpaired) electrons. The van der Waals surface area contributed by atoms with E-state index in [4.69, 9.17) is 5.73 Å². The summed E-state index contributed by atoms with van der Waals surface area (Å²) in [6.07, 6.45) is 1.69. The highest BCUT2D eigenvalue weighted by atomic mass is 15.3. The van der Waals surface area contributed by atoms with Crippen molar-refractivity contribution in [3.8, 4) is 0 Å².